The number of imidazole rings is 1. The number of nitrogen functional groups attached to an aromatic ring is 1. The van der Waals surface area contributed by atoms with Gasteiger partial charge in [-0.15, -0.1) is 0 Å². The zero-order valence-electron chi connectivity index (χ0n) is 28.8. The molecule has 2 aliphatic heterocycles. The molecule has 2 aromatic carbocycles. The molecule has 13 heteroatoms. The Labute approximate surface area is 299 Å². The molecule has 2 saturated heterocycles. The summed E-state index contributed by atoms with van der Waals surface area (Å²) in [4.78, 5) is 13.2. The van der Waals surface area contributed by atoms with Crippen molar-refractivity contribution in [3.05, 3.63) is 85.5 Å². The van der Waals surface area contributed by atoms with Crippen molar-refractivity contribution in [1.82, 2.24) is 19.5 Å². The molecule has 0 amide bonds. The number of fused-ring (bicyclic) bond motifs is 2. The Morgan fingerprint density at radius 1 is 1.10 bits per heavy atom. The summed E-state index contributed by atoms with van der Waals surface area (Å²) < 4.78 is 29.9. The lowest BCUT2D eigenvalue weighted by Crippen LogP contribution is -2.67. The first-order valence-electron chi connectivity index (χ1n) is 17.0. The first-order valence-corrected chi connectivity index (χ1v) is 23.0. The van der Waals surface area contributed by atoms with Crippen LogP contribution in [-0.2, 0) is 30.0 Å². The third-order valence-electron chi connectivity index (χ3n) is 10.5. The van der Waals surface area contributed by atoms with E-state index in [-0.39, 0.29) is 22.0 Å². The van der Waals surface area contributed by atoms with E-state index in [0.29, 0.717) is 35.9 Å². The lowest BCUT2D eigenvalue weighted by Gasteiger charge is -2.43. The van der Waals surface area contributed by atoms with Crippen LogP contribution in [0, 0.1) is 5.92 Å². The van der Waals surface area contributed by atoms with Gasteiger partial charge >= 0.3 is 0 Å². The average molecular weight is 736 g/mol. The van der Waals surface area contributed by atoms with Crippen LogP contribution in [0.1, 0.15) is 66.5 Å². The number of aromatic nitrogens is 4. The number of ether oxygens (including phenoxy) is 1. The monoisotopic (exact) mass is 735 g/mol. The predicted octanol–water partition coefficient (Wildman–Crippen LogP) is 7.15. The summed E-state index contributed by atoms with van der Waals surface area (Å²) in [5.41, 5.74) is 5.79. The summed E-state index contributed by atoms with van der Waals surface area (Å²) >= 11 is 8.05. The van der Waals surface area contributed by atoms with Crippen molar-refractivity contribution < 1.29 is 18.2 Å². The molecule has 260 valence electrons. The van der Waals surface area contributed by atoms with E-state index >= 15 is 0 Å². The van der Waals surface area contributed by atoms with Crippen LogP contribution in [0.3, 0.4) is 0 Å². The van der Waals surface area contributed by atoms with Gasteiger partial charge < -0.3 is 23.9 Å². The average Bonchev–Trinajstić information content (AvgIpc) is 3.74. The van der Waals surface area contributed by atoms with Gasteiger partial charge in [-0.1, -0.05) is 105 Å². The van der Waals surface area contributed by atoms with Crippen LogP contribution in [0.15, 0.2) is 85.5 Å². The Morgan fingerprint density at radius 2 is 1.78 bits per heavy atom. The minimum Gasteiger partial charge on any atom is -0.405 e. The van der Waals surface area contributed by atoms with E-state index in [0.717, 1.165) is 19.3 Å². The fourth-order valence-electron chi connectivity index (χ4n) is 7.78. The maximum Gasteiger partial charge on any atom is 0.261 e. The van der Waals surface area contributed by atoms with Gasteiger partial charge in [-0.3, -0.25) is 4.57 Å². The summed E-state index contributed by atoms with van der Waals surface area (Å²) in [5, 5.41) is 2.22. The summed E-state index contributed by atoms with van der Waals surface area (Å²) in [6.07, 6.45) is 5.55. The van der Waals surface area contributed by atoms with Gasteiger partial charge in [0.15, 0.2) is 11.5 Å². The third kappa shape index (κ3) is 6.48. The lowest BCUT2D eigenvalue weighted by atomic mass is 9.77. The number of hydrogen-bond donors (Lipinski definition) is 1. The van der Waals surface area contributed by atoms with E-state index < -0.39 is 26.3 Å². The van der Waals surface area contributed by atoms with Crippen LogP contribution in [0.4, 0.5) is 5.82 Å². The van der Waals surface area contributed by atoms with Crippen molar-refractivity contribution in [3.63, 3.8) is 0 Å². The molecule has 9 nitrogen and oxygen atoms in total. The Hall–Kier alpha value is -2.41. The first-order chi connectivity index (χ1) is 23.3. The maximum absolute atomic E-state index is 7.39. The van der Waals surface area contributed by atoms with Crippen molar-refractivity contribution in [2.45, 2.75) is 94.6 Å². The number of benzene rings is 2. The van der Waals surface area contributed by atoms with E-state index in [9.17, 15) is 0 Å². The van der Waals surface area contributed by atoms with Crippen LogP contribution in [0.2, 0.25) is 5.04 Å². The number of allylic oxidation sites excluding steroid dienone is 1. The molecular weight excluding hydrogens is 690 g/mol. The molecule has 2 N–H and O–H groups in total. The normalized spacial score (nSPS) is 30.4. The van der Waals surface area contributed by atoms with E-state index in [1.54, 1.807) is 17.7 Å². The molecule has 4 heterocycles. The number of hydrogen-bond acceptors (Lipinski definition) is 10. The Balaban J connectivity index is 1.22. The van der Waals surface area contributed by atoms with Crippen molar-refractivity contribution >= 4 is 64.6 Å². The summed E-state index contributed by atoms with van der Waals surface area (Å²) in [7, 11) is -2.86. The van der Waals surface area contributed by atoms with Crippen LogP contribution in [-0.4, -0.2) is 57.5 Å². The highest BCUT2D eigenvalue weighted by molar-refractivity contribution is 8.68. The van der Waals surface area contributed by atoms with Gasteiger partial charge in [0.2, 0.25) is 5.69 Å². The van der Waals surface area contributed by atoms with E-state index in [1.165, 1.54) is 22.3 Å². The smallest absolute Gasteiger partial charge is 0.261 e. The first kappa shape index (κ1) is 35.0. The quantitative estimate of drug-likeness (QED) is 0.108. The molecule has 49 heavy (non-hydrogen) atoms. The molecule has 4 aromatic rings. The fourth-order valence-corrected chi connectivity index (χ4v) is 20.0. The number of nitrogens with zero attached hydrogens (tertiary/aromatic N) is 4. The van der Waals surface area contributed by atoms with Gasteiger partial charge in [-0.25, -0.2) is 15.0 Å². The lowest BCUT2D eigenvalue weighted by molar-refractivity contribution is -0.0364. The minimum absolute atomic E-state index is 0.0287. The molecule has 1 aliphatic carbocycles. The molecule has 0 spiro atoms. The summed E-state index contributed by atoms with van der Waals surface area (Å²) in [5.74, 6) is 0.771. The highest BCUT2D eigenvalue weighted by Crippen LogP contribution is 2.76. The van der Waals surface area contributed by atoms with E-state index in [4.69, 9.17) is 35.8 Å². The van der Waals surface area contributed by atoms with Gasteiger partial charge in [0.05, 0.1) is 25.1 Å². The van der Waals surface area contributed by atoms with Crippen molar-refractivity contribution in [3.8, 4) is 0 Å². The second kappa shape index (κ2) is 13.3. The molecular formula is C36H46N5O4PS2Si. The zero-order chi connectivity index (χ0) is 34.6. The van der Waals surface area contributed by atoms with Gasteiger partial charge in [-0.2, -0.15) is 0 Å². The largest absolute Gasteiger partial charge is 0.405 e. The predicted molar refractivity (Wildman–Crippen MR) is 204 cm³/mol. The van der Waals surface area contributed by atoms with Gasteiger partial charge in [0.1, 0.15) is 24.2 Å². The molecule has 1 saturated carbocycles. The Bertz CT molecular complexity index is 1840. The molecule has 0 radical (unpaired) electrons. The van der Waals surface area contributed by atoms with Crippen LogP contribution >= 0.6 is 17.1 Å². The molecule has 3 fully saturated rings. The molecule has 7 atom stereocenters. The van der Waals surface area contributed by atoms with Crippen LogP contribution in [0.5, 0.6) is 0 Å². The second-order valence-corrected chi connectivity index (χ2v) is 25.7. The number of nitrogens with two attached hydrogens (primary N) is 1. The summed E-state index contributed by atoms with van der Waals surface area (Å²) in [6, 6.07) is 21.3. The van der Waals surface area contributed by atoms with Gasteiger partial charge in [0.25, 0.3) is 8.32 Å². The van der Waals surface area contributed by atoms with E-state index in [1.807, 2.05) is 4.57 Å². The topological polar surface area (TPSA) is 107 Å². The van der Waals surface area contributed by atoms with Crippen LogP contribution < -0.4 is 16.1 Å². The van der Waals surface area contributed by atoms with Crippen LogP contribution in [0.25, 0.3) is 11.2 Å². The zero-order valence-corrected chi connectivity index (χ0v) is 32.3. The molecule has 2 aromatic heterocycles. The summed E-state index contributed by atoms with van der Waals surface area (Å²) in [6.45, 7) is 15.8. The molecule has 0 unspecified atom stereocenters. The highest BCUT2D eigenvalue weighted by Gasteiger charge is 2.56. The van der Waals surface area contributed by atoms with Crippen molar-refractivity contribution in [2.75, 3.05) is 12.3 Å². The van der Waals surface area contributed by atoms with Gasteiger partial charge in [-0.05, 0) is 66.2 Å². The Morgan fingerprint density at radius 3 is 2.41 bits per heavy atom. The van der Waals surface area contributed by atoms with E-state index in [2.05, 4.69) is 117 Å². The molecule has 7 rings (SSSR count). The maximum atomic E-state index is 7.39. The Kier molecular flexibility index (Phi) is 9.49. The highest BCUT2D eigenvalue weighted by atomic mass is 32.9. The third-order valence-corrected chi connectivity index (χ3v) is 21.2. The molecule has 3 aliphatic rings. The fraction of sp³-hybridized carbons (Fsp3) is 0.472. The van der Waals surface area contributed by atoms with Gasteiger partial charge in [0, 0.05) is 11.2 Å². The molecule has 0 bridgehead atoms. The number of rotatable bonds is 9. The minimum atomic E-state index is -2.86. The SMILES string of the molecule is C=C(C)[C@H]1CC[C@@]2(C)S[P@@](=S)(O[C@H]3C[C@H](n4cnc5c(N)ncnc54)O[C@@H]3CO[Si](c3ccccc3)(c3ccccc3)C(C)(C)C)O[C@@H]2C1. The van der Waals surface area contributed by atoms with Crippen molar-refractivity contribution in [2.24, 2.45) is 5.92 Å². The number of anilines is 1. The van der Waals surface area contributed by atoms with Crippen molar-refractivity contribution in [1.29, 1.82) is 0 Å². The second-order valence-electron chi connectivity index (χ2n) is 14.8. The standard InChI is InChI=1S/C36H46N5O4PS2Si/c1-24(2)25-17-18-36(6)30(19-25)45-46(47,48-36)44-28-20-31(41-23-40-32-33(37)38-22-39-34(32)41)43-29(28)21-42-49(35(3,4)5,26-13-9-7-10-14-26)27-15-11-8-12-16-27/h7-16,22-23,25,28-31H,1,17-21H2,2-6H3,(H2,37,38,39)/t25-,28-,29+,30+,31+,36+,46-/m0/s1.